The lowest BCUT2D eigenvalue weighted by atomic mass is 9.78. The second-order valence-electron chi connectivity index (χ2n) is 10.5. The fourth-order valence-electron chi connectivity index (χ4n) is 4.40. The molecule has 2 aromatic rings. The van der Waals surface area contributed by atoms with E-state index in [2.05, 4.69) is 20.8 Å². The first-order chi connectivity index (χ1) is 15.4. The Bertz CT molecular complexity index is 1010. The third-order valence-corrected chi connectivity index (χ3v) is 8.06. The summed E-state index contributed by atoms with van der Waals surface area (Å²) in [5.41, 5.74) is 2.87. The molecule has 3 rings (SSSR count). The first-order valence-electron chi connectivity index (χ1n) is 11.6. The topological polar surface area (TPSA) is 76.7 Å². The Hall–Kier alpha value is -2.05. The Morgan fingerprint density at radius 2 is 1.88 bits per heavy atom. The summed E-state index contributed by atoms with van der Waals surface area (Å²) in [4.78, 5) is 27.4. The van der Waals surface area contributed by atoms with Crippen molar-refractivity contribution in [1.82, 2.24) is 0 Å². The van der Waals surface area contributed by atoms with Crippen LogP contribution in [-0.2, 0) is 32.8 Å². The Kier molecular flexibility index (Phi) is 7.49. The molecule has 33 heavy (non-hydrogen) atoms. The van der Waals surface area contributed by atoms with Crippen LogP contribution in [0.1, 0.15) is 75.5 Å². The normalized spacial score (nSPS) is 21.5. The van der Waals surface area contributed by atoms with Crippen molar-refractivity contribution < 1.29 is 23.8 Å². The summed E-state index contributed by atoms with van der Waals surface area (Å²) in [6.07, 6.45) is 3.14. The van der Waals surface area contributed by atoms with Gasteiger partial charge in [-0.2, -0.15) is 0 Å². The average molecular weight is 473 g/mol. The van der Waals surface area contributed by atoms with Gasteiger partial charge >= 0.3 is 5.97 Å². The zero-order valence-corrected chi connectivity index (χ0v) is 21.6. The Balaban J connectivity index is 1.85. The maximum atomic E-state index is 13.3. The molecule has 0 bridgehead atoms. The van der Waals surface area contributed by atoms with Crippen LogP contribution in [0.25, 0.3) is 0 Å². The highest BCUT2D eigenvalue weighted by molar-refractivity contribution is 8.01. The van der Waals surface area contributed by atoms with Crippen LogP contribution in [0.3, 0.4) is 0 Å². The number of cyclic esters (lactones) is 1. The highest BCUT2D eigenvalue weighted by Crippen LogP contribution is 2.43. The van der Waals surface area contributed by atoms with E-state index in [1.165, 1.54) is 11.8 Å². The first-order valence-corrected chi connectivity index (χ1v) is 12.5. The Morgan fingerprint density at radius 1 is 1.18 bits per heavy atom. The Labute approximate surface area is 201 Å². The number of esters is 1. The maximum absolute atomic E-state index is 13.3. The van der Waals surface area contributed by atoms with Gasteiger partial charge in [0.15, 0.2) is 11.0 Å². The second-order valence-corrected chi connectivity index (χ2v) is 11.6. The fraction of sp³-hybridized carbons (Fsp3) is 0.556. The second kappa shape index (κ2) is 9.67. The van der Waals surface area contributed by atoms with Crippen molar-refractivity contribution >= 4 is 23.5 Å². The van der Waals surface area contributed by atoms with E-state index in [0.29, 0.717) is 12.8 Å². The van der Waals surface area contributed by atoms with Gasteiger partial charge in [0.05, 0.1) is 12.9 Å². The van der Waals surface area contributed by atoms with Crippen molar-refractivity contribution in [2.24, 2.45) is 5.92 Å². The summed E-state index contributed by atoms with van der Waals surface area (Å²) in [7, 11) is 0. The number of carbonyl (C=O) groups is 2. The highest BCUT2D eigenvalue weighted by Gasteiger charge is 2.49. The molecule has 0 radical (unpaired) electrons. The molecule has 1 N–H and O–H groups in total. The van der Waals surface area contributed by atoms with Gasteiger partial charge in [0.1, 0.15) is 11.4 Å². The fourth-order valence-corrected chi connectivity index (χ4v) is 5.75. The maximum Gasteiger partial charge on any atom is 0.327 e. The minimum absolute atomic E-state index is 0.0137. The lowest BCUT2D eigenvalue weighted by Gasteiger charge is -2.41. The number of carbonyl (C=O) groups excluding carboxylic acids is 2. The van der Waals surface area contributed by atoms with Crippen molar-refractivity contribution in [3.63, 3.8) is 0 Å². The zero-order chi connectivity index (χ0) is 24.6. The van der Waals surface area contributed by atoms with E-state index < -0.39 is 16.8 Å². The molecule has 0 aliphatic carbocycles. The third kappa shape index (κ3) is 5.38. The van der Waals surface area contributed by atoms with Crippen LogP contribution in [0.4, 0.5) is 0 Å². The molecule has 2 atom stereocenters. The molecular formula is C27H36O5S. The predicted octanol–water partition coefficient (Wildman–Crippen LogP) is 5.69. The largest absolute Gasteiger partial charge is 0.469 e. The quantitative estimate of drug-likeness (QED) is 0.412. The van der Waals surface area contributed by atoms with Crippen LogP contribution in [0, 0.1) is 19.8 Å². The third-order valence-electron chi connectivity index (χ3n) is 6.78. The number of rotatable bonds is 7. The van der Waals surface area contributed by atoms with Gasteiger partial charge in [0.2, 0.25) is 0 Å². The Morgan fingerprint density at radius 3 is 2.39 bits per heavy atom. The number of benzene rings is 1. The van der Waals surface area contributed by atoms with Gasteiger partial charge < -0.3 is 14.3 Å². The average Bonchev–Trinajstić information content (AvgIpc) is 3.13. The molecule has 0 amide bonds. The highest BCUT2D eigenvalue weighted by atomic mass is 32.2. The van der Waals surface area contributed by atoms with Crippen LogP contribution < -0.4 is 0 Å². The van der Waals surface area contributed by atoms with Gasteiger partial charge in [-0.1, -0.05) is 40.7 Å². The van der Waals surface area contributed by atoms with Gasteiger partial charge in [-0.3, -0.25) is 9.59 Å². The van der Waals surface area contributed by atoms with Gasteiger partial charge in [-0.15, -0.1) is 11.8 Å². The minimum atomic E-state index is -0.881. The standard InChI is InChI=1S/C27H36O5S/c1-16(2)27(10-8-19-9-11-31-18(19)4)14-22(29)24(25(30)32-27)33-23-12-17(3)20(15-28)13-21(23)26(5,6)7/h9,11-13,16,24,28H,8,10,14-15H2,1-7H3. The lowest BCUT2D eigenvalue weighted by molar-refractivity contribution is -0.176. The molecule has 0 saturated carbocycles. The number of thioether (sulfide) groups is 1. The van der Waals surface area contributed by atoms with Crippen LogP contribution in [-0.4, -0.2) is 27.7 Å². The van der Waals surface area contributed by atoms with Crippen molar-refractivity contribution in [1.29, 1.82) is 0 Å². The van der Waals surface area contributed by atoms with Crippen LogP contribution in [0.15, 0.2) is 33.8 Å². The van der Waals surface area contributed by atoms with E-state index in [-0.39, 0.29) is 30.1 Å². The minimum Gasteiger partial charge on any atom is -0.469 e. The van der Waals surface area contributed by atoms with Crippen LogP contribution >= 0.6 is 11.8 Å². The van der Waals surface area contributed by atoms with E-state index in [1.54, 1.807) is 6.26 Å². The predicted molar refractivity (Wildman–Crippen MR) is 130 cm³/mol. The van der Waals surface area contributed by atoms with Crippen LogP contribution in [0.5, 0.6) is 0 Å². The summed E-state index contributed by atoms with van der Waals surface area (Å²) < 4.78 is 11.5. The van der Waals surface area contributed by atoms with Crippen molar-refractivity contribution in [3.8, 4) is 0 Å². The molecule has 2 unspecified atom stereocenters. The molecule has 1 aliphatic rings. The number of aliphatic hydroxyl groups is 1. The molecule has 2 heterocycles. The van der Waals surface area contributed by atoms with Gasteiger partial charge in [-0.05, 0) is 72.4 Å². The lowest BCUT2D eigenvalue weighted by Crippen LogP contribution is -2.52. The number of furan rings is 1. The number of aryl methyl sites for hydroxylation is 3. The molecule has 5 nitrogen and oxygen atoms in total. The molecule has 1 saturated heterocycles. The smallest absolute Gasteiger partial charge is 0.327 e. The summed E-state index contributed by atoms with van der Waals surface area (Å²) in [5.74, 6) is 0.321. The monoisotopic (exact) mass is 472 g/mol. The molecule has 1 aromatic heterocycles. The number of Topliss-reactive ketones (excluding diaryl/α,β-unsaturated/α-hetero) is 1. The van der Waals surface area contributed by atoms with Gasteiger partial charge in [-0.25, -0.2) is 0 Å². The number of hydrogen-bond acceptors (Lipinski definition) is 6. The molecule has 1 aliphatic heterocycles. The zero-order valence-electron chi connectivity index (χ0n) is 20.8. The number of ether oxygens (including phenoxy) is 1. The summed E-state index contributed by atoms with van der Waals surface area (Å²) in [5, 5.41) is 8.83. The van der Waals surface area contributed by atoms with Crippen molar-refractivity contribution in [2.45, 2.75) is 95.5 Å². The van der Waals surface area contributed by atoms with E-state index in [4.69, 9.17) is 9.15 Å². The SMILES string of the molecule is Cc1cc(SC2C(=O)CC(CCc3ccoc3C)(C(C)C)OC2=O)c(C(C)(C)C)cc1CO. The van der Waals surface area contributed by atoms with E-state index in [1.807, 2.05) is 45.9 Å². The van der Waals surface area contributed by atoms with Gasteiger partial charge in [0.25, 0.3) is 0 Å². The molecule has 1 aromatic carbocycles. The molecular weight excluding hydrogens is 436 g/mol. The molecule has 180 valence electrons. The van der Waals surface area contributed by atoms with Crippen LogP contribution in [0.2, 0.25) is 0 Å². The summed E-state index contributed by atoms with van der Waals surface area (Å²) in [6, 6.07) is 5.90. The number of hydrogen-bond donors (Lipinski definition) is 1. The number of ketones is 1. The summed E-state index contributed by atoms with van der Waals surface area (Å²) >= 11 is 1.28. The molecule has 6 heteroatoms. The number of aliphatic hydroxyl groups excluding tert-OH is 1. The molecule has 1 fully saturated rings. The summed E-state index contributed by atoms with van der Waals surface area (Å²) in [6.45, 7) is 14.1. The van der Waals surface area contributed by atoms with Gasteiger partial charge in [0, 0.05) is 11.3 Å². The van der Waals surface area contributed by atoms with E-state index in [9.17, 15) is 14.7 Å². The van der Waals surface area contributed by atoms with E-state index in [0.717, 1.165) is 32.9 Å². The molecule has 0 spiro atoms. The van der Waals surface area contributed by atoms with E-state index >= 15 is 0 Å². The van der Waals surface area contributed by atoms with Crippen molar-refractivity contribution in [3.05, 3.63) is 52.5 Å². The van der Waals surface area contributed by atoms with Crippen molar-refractivity contribution in [2.75, 3.05) is 0 Å². The first kappa shape index (κ1) is 25.6.